The molecule has 8 heteroatoms. The molecule has 0 saturated heterocycles. The topological polar surface area (TPSA) is 92.7 Å². The number of H-pyrrole nitrogens is 1. The van der Waals surface area contributed by atoms with Crippen molar-refractivity contribution in [1.29, 1.82) is 0 Å². The summed E-state index contributed by atoms with van der Waals surface area (Å²) < 4.78 is 1.62. The Labute approximate surface area is 193 Å². The number of benzene rings is 3. The van der Waals surface area contributed by atoms with Gasteiger partial charge in [0.05, 0.1) is 23.7 Å². The van der Waals surface area contributed by atoms with Crippen LogP contribution in [-0.4, -0.2) is 31.4 Å². The fourth-order valence-electron chi connectivity index (χ4n) is 3.85. The molecule has 5 rings (SSSR count). The van der Waals surface area contributed by atoms with E-state index in [-0.39, 0.29) is 23.3 Å². The van der Waals surface area contributed by atoms with Gasteiger partial charge < -0.3 is 10.3 Å². The SMILES string of the molecule is CC(NC(=O)CSc1nc2c(cnn2-c2ccccc2)c(=O)[nH]1)c1cccc2ccccc12. The summed E-state index contributed by atoms with van der Waals surface area (Å²) in [5, 5.41) is 10.4. The number of hydrogen-bond donors (Lipinski definition) is 2. The first-order valence-electron chi connectivity index (χ1n) is 10.5. The van der Waals surface area contributed by atoms with E-state index in [2.05, 4.69) is 38.6 Å². The van der Waals surface area contributed by atoms with Gasteiger partial charge in [0, 0.05) is 0 Å². The van der Waals surface area contributed by atoms with Crippen molar-refractivity contribution < 1.29 is 4.79 Å². The Morgan fingerprint density at radius 2 is 1.79 bits per heavy atom. The smallest absolute Gasteiger partial charge is 0.262 e. The molecule has 3 aromatic carbocycles. The molecular formula is C25H21N5O2S. The maximum Gasteiger partial charge on any atom is 0.262 e. The van der Waals surface area contributed by atoms with Gasteiger partial charge in [-0.05, 0) is 35.4 Å². The fraction of sp³-hybridized carbons (Fsp3) is 0.120. The molecule has 0 aliphatic carbocycles. The van der Waals surface area contributed by atoms with Crippen LogP contribution < -0.4 is 10.9 Å². The predicted molar refractivity (Wildman–Crippen MR) is 131 cm³/mol. The van der Waals surface area contributed by atoms with Crippen LogP contribution >= 0.6 is 11.8 Å². The van der Waals surface area contributed by atoms with Crippen LogP contribution in [0, 0.1) is 0 Å². The molecular weight excluding hydrogens is 434 g/mol. The van der Waals surface area contributed by atoms with E-state index in [0.29, 0.717) is 16.2 Å². The van der Waals surface area contributed by atoms with Crippen molar-refractivity contribution in [2.75, 3.05) is 5.75 Å². The van der Waals surface area contributed by atoms with E-state index in [9.17, 15) is 9.59 Å². The van der Waals surface area contributed by atoms with Gasteiger partial charge in [0.25, 0.3) is 5.56 Å². The first kappa shape index (κ1) is 21.0. The van der Waals surface area contributed by atoms with Crippen LogP contribution in [0.2, 0.25) is 0 Å². The molecule has 0 radical (unpaired) electrons. The molecule has 1 amide bonds. The number of aromatic amines is 1. The van der Waals surface area contributed by atoms with Gasteiger partial charge in [-0.25, -0.2) is 9.67 Å². The number of carbonyl (C=O) groups is 1. The average Bonchev–Trinajstić information content (AvgIpc) is 3.27. The summed E-state index contributed by atoms with van der Waals surface area (Å²) >= 11 is 1.19. The number of hydrogen-bond acceptors (Lipinski definition) is 5. The highest BCUT2D eigenvalue weighted by Crippen LogP contribution is 2.24. The number of aromatic nitrogens is 4. The maximum absolute atomic E-state index is 12.7. The van der Waals surface area contributed by atoms with Crippen molar-refractivity contribution in [3.05, 3.63) is 94.9 Å². The Balaban J connectivity index is 1.32. The summed E-state index contributed by atoms with van der Waals surface area (Å²) in [6.45, 7) is 1.97. The lowest BCUT2D eigenvalue weighted by atomic mass is 10.00. The molecule has 7 nitrogen and oxygen atoms in total. The summed E-state index contributed by atoms with van der Waals surface area (Å²) in [7, 11) is 0. The summed E-state index contributed by atoms with van der Waals surface area (Å²) in [5.74, 6) is -0.0111. The maximum atomic E-state index is 12.7. The number of thioether (sulfide) groups is 1. The van der Waals surface area contributed by atoms with E-state index in [4.69, 9.17) is 0 Å². The van der Waals surface area contributed by atoms with Gasteiger partial charge >= 0.3 is 0 Å². The van der Waals surface area contributed by atoms with Crippen molar-refractivity contribution in [2.45, 2.75) is 18.1 Å². The summed E-state index contributed by atoms with van der Waals surface area (Å²) in [5.41, 5.74) is 2.04. The molecule has 5 aromatic rings. The molecule has 0 spiro atoms. The molecule has 1 atom stereocenters. The predicted octanol–water partition coefficient (Wildman–Crippen LogP) is 4.23. The quantitative estimate of drug-likeness (QED) is 0.295. The number of para-hydroxylation sites is 1. The molecule has 0 aliphatic rings. The molecule has 0 saturated carbocycles. The zero-order valence-electron chi connectivity index (χ0n) is 17.9. The van der Waals surface area contributed by atoms with E-state index < -0.39 is 0 Å². The lowest BCUT2D eigenvalue weighted by Crippen LogP contribution is -2.28. The van der Waals surface area contributed by atoms with Crippen molar-refractivity contribution in [2.24, 2.45) is 0 Å². The molecule has 2 aromatic heterocycles. The number of nitrogens with one attached hydrogen (secondary N) is 2. The van der Waals surface area contributed by atoms with Crippen LogP contribution in [-0.2, 0) is 4.79 Å². The van der Waals surface area contributed by atoms with E-state index in [1.165, 1.54) is 18.0 Å². The lowest BCUT2D eigenvalue weighted by Gasteiger charge is -2.16. The molecule has 0 bridgehead atoms. The van der Waals surface area contributed by atoms with E-state index in [0.717, 1.165) is 22.0 Å². The van der Waals surface area contributed by atoms with Crippen LogP contribution in [0.5, 0.6) is 0 Å². The number of rotatable bonds is 6. The van der Waals surface area contributed by atoms with Crippen molar-refractivity contribution in [3.63, 3.8) is 0 Å². The Morgan fingerprint density at radius 1 is 1.03 bits per heavy atom. The summed E-state index contributed by atoms with van der Waals surface area (Å²) in [4.78, 5) is 32.5. The van der Waals surface area contributed by atoms with Crippen LogP contribution in [0.3, 0.4) is 0 Å². The van der Waals surface area contributed by atoms with Gasteiger partial charge in [-0.15, -0.1) is 0 Å². The van der Waals surface area contributed by atoms with Crippen LogP contribution in [0.4, 0.5) is 0 Å². The third-order valence-corrected chi connectivity index (χ3v) is 6.30. The molecule has 0 fully saturated rings. The number of carbonyl (C=O) groups excluding carboxylic acids is 1. The number of nitrogens with zero attached hydrogens (tertiary/aromatic N) is 3. The molecule has 164 valence electrons. The third-order valence-electron chi connectivity index (χ3n) is 5.42. The Bertz CT molecular complexity index is 1500. The van der Waals surface area contributed by atoms with Gasteiger partial charge in [0.1, 0.15) is 5.39 Å². The zero-order chi connectivity index (χ0) is 22.8. The summed E-state index contributed by atoms with van der Waals surface area (Å²) in [6, 6.07) is 23.5. The first-order valence-corrected chi connectivity index (χ1v) is 11.5. The summed E-state index contributed by atoms with van der Waals surface area (Å²) in [6.07, 6.45) is 1.50. The molecule has 2 heterocycles. The molecule has 2 N–H and O–H groups in total. The Hall–Kier alpha value is -3.91. The number of amides is 1. The van der Waals surface area contributed by atoms with Gasteiger partial charge in [0.2, 0.25) is 5.91 Å². The highest BCUT2D eigenvalue weighted by molar-refractivity contribution is 7.99. The zero-order valence-corrected chi connectivity index (χ0v) is 18.7. The standard InChI is InChI=1S/C25H21N5O2S/c1-16(19-13-7-9-17-8-5-6-12-20(17)19)27-22(31)15-33-25-28-23-21(24(32)29-25)14-26-30(23)18-10-3-2-4-11-18/h2-14,16H,15H2,1H3,(H,27,31)(H,28,29,32). The monoisotopic (exact) mass is 455 g/mol. The van der Waals surface area contributed by atoms with Gasteiger partial charge in [-0.1, -0.05) is 72.4 Å². The first-order chi connectivity index (χ1) is 16.1. The lowest BCUT2D eigenvalue weighted by molar-refractivity contribution is -0.119. The highest BCUT2D eigenvalue weighted by atomic mass is 32.2. The molecule has 0 aliphatic heterocycles. The minimum absolute atomic E-state index is 0.128. The van der Waals surface area contributed by atoms with Crippen LogP contribution in [0.25, 0.3) is 27.5 Å². The normalized spacial score (nSPS) is 12.2. The second-order valence-electron chi connectivity index (χ2n) is 7.65. The van der Waals surface area contributed by atoms with Gasteiger partial charge in [0.15, 0.2) is 10.8 Å². The van der Waals surface area contributed by atoms with Crippen molar-refractivity contribution >= 4 is 39.5 Å². The van der Waals surface area contributed by atoms with Crippen molar-refractivity contribution in [3.8, 4) is 5.69 Å². The van der Waals surface area contributed by atoms with Crippen LogP contribution in [0.1, 0.15) is 18.5 Å². The third kappa shape index (κ3) is 4.25. The molecule has 33 heavy (non-hydrogen) atoms. The minimum atomic E-state index is -0.283. The second-order valence-corrected chi connectivity index (χ2v) is 8.61. The van der Waals surface area contributed by atoms with E-state index in [1.54, 1.807) is 4.68 Å². The Morgan fingerprint density at radius 3 is 2.64 bits per heavy atom. The van der Waals surface area contributed by atoms with Gasteiger partial charge in [-0.2, -0.15) is 5.10 Å². The van der Waals surface area contributed by atoms with Crippen molar-refractivity contribution in [1.82, 2.24) is 25.1 Å². The van der Waals surface area contributed by atoms with Gasteiger partial charge in [-0.3, -0.25) is 9.59 Å². The van der Waals surface area contributed by atoms with E-state index in [1.807, 2.05) is 61.5 Å². The molecule has 1 unspecified atom stereocenters. The Kier molecular flexibility index (Phi) is 5.66. The number of fused-ring (bicyclic) bond motifs is 2. The van der Waals surface area contributed by atoms with Crippen LogP contribution in [0.15, 0.2) is 88.9 Å². The highest BCUT2D eigenvalue weighted by Gasteiger charge is 2.15. The average molecular weight is 456 g/mol. The van der Waals surface area contributed by atoms with E-state index >= 15 is 0 Å². The second kappa shape index (κ2) is 8.91. The fourth-order valence-corrected chi connectivity index (χ4v) is 4.51. The largest absolute Gasteiger partial charge is 0.349 e. The minimum Gasteiger partial charge on any atom is -0.349 e.